The van der Waals surface area contributed by atoms with Crippen LogP contribution in [0, 0.1) is 0 Å². The summed E-state index contributed by atoms with van der Waals surface area (Å²) < 4.78 is 0. The summed E-state index contributed by atoms with van der Waals surface area (Å²) in [5.74, 6) is 0.276. The van der Waals surface area contributed by atoms with Crippen LogP contribution in [0.15, 0.2) is 6.20 Å². The van der Waals surface area contributed by atoms with Gasteiger partial charge in [0, 0.05) is 0 Å². The molecule has 4 N–H and O–H groups in total. The summed E-state index contributed by atoms with van der Waals surface area (Å²) in [6.45, 7) is 0. The Bertz CT molecular complexity index is 260. The SMILES string of the molecule is Nc1cnc(C=O)c(N)n1. The molecule has 52 valence electrons. The molecule has 1 aromatic heterocycles. The van der Waals surface area contributed by atoms with Gasteiger partial charge in [0.2, 0.25) is 0 Å². The lowest BCUT2D eigenvalue weighted by atomic mass is 10.4. The van der Waals surface area contributed by atoms with Crippen molar-refractivity contribution in [1.29, 1.82) is 0 Å². The second-order valence-electron chi connectivity index (χ2n) is 1.68. The van der Waals surface area contributed by atoms with E-state index in [0.717, 1.165) is 0 Å². The van der Waals surface area contributed by atoms with Crippen molar-refractivity contribution in [3.63, 3.8) is 0 Å². The van der Waals surface area contributed by atoms with Gasteiger partial charge in [0.25, 0.3) is 0 Å². The Kier molecular flexibility index (Phi) is 1.49. The van der Waals surface area contributed by atoms with E-state index in [-0.39, 0.29) is 17.3 Å². The summed E-state index contributed by atoms with van der Waals surface area (Å²) in [5.41, 5.74) is 10.6. The number of carbonyl (C=O) groups excluding carboxylic acids is 1. The van der Waals surface area contributed by atoms with Crippen LogP contribution >= 0.6 is 0 Å². The zero-order valence-corrected chi connectivity index (χ0v) is 5.11. The summed E-state index contributed by atoms with van der Waals surface area (Å²) >= 11 is 0. The van der Waals surface area contributed by atoms with E-state index in [9.17, 15) is 4.79 Å². The van der Waals surface area contributed by atoms with E-state index in [0.29, 0.717) is 6.29 Å². The second kappa shape index (κ2) is 2.30. The highest BCUT2D eigenvalue weighted by molar-refractivity contribution is 5.78. The third kappa shape index (κ3) is 1.02. The van der Waals surface area contributed by atoms with Crippen molar-refractivity contribution in [2.75, 3.05) is 11.5 Å². The molecule has 1 rings (SSSR count). The van der Waals surface area contributed by atoms with Crippen LogP contribution in [0.5, 0.6) is 0 Å². The minimum atomic E-state index is 0.0648. The first-order valence-corrected chi connectivity index (χ1v) is 2.57. The molecule has 5 nitrogen and oxygen atoms in total. The predicted octanol–water partition coefficient (Wildman–Crippen LogP) is -0.546. The number of aldehydes is 1. The lowest BCUT2D eigenvalue weighted by molar-refractivity contribution is 0.111. The molecule has 0 saturated heterocycles. The van der Waals surface area contributed by atoms with Gasteiger partial charge in [-0.15, -0.1) is 0 Å². The Morgan fingerprint density at radius 2 is 2.20 bits per heavy atom. The average Bonchev–Trinajstić information content (AvgIpc) is 1.88. The number of aromatic nitrogens is 2. The van der Waals surface area contributed by atoms with Gasteiger partial charge in [-0.3, -0.25) is 4.79 Å². The molecule has 0 aliphatic rings. The molecule has 0 amide bonds. The second-order valence-corrected chi connectivity index (χ2v) is 1.68. The maximum atomic E-state index is 10.1. The Morgan fingerprint density at radius 1 is 1.50 bits per heavy atom. The average molecular weight is 138 g/mol. The smallest absolute Gasteiger partial charge is 0.172 e. The molecule has 0 unspecified atom stereocenters. The fraction of sp³-hybridized carbons (Fsp3) is 0. The molecule has 0 radical (unpaired) electrons. The number of nitrogens with zero attached hydrogens (tertiary/aromatic N) is 2. The summed E-state index contributed by atoms with van der Waals surface area (Å²) in [7, 11) is 0. The van der Waals surface area contributed by atoms with E-state index >= 15 is 0 Å². The number of anilines is 2. The monoisotopic (exact) mass is 138 g/mol. The summed E-state index contributed by atoms with van der Waals surface area (Å²) in [6, 6.07) is 0. The Hall–Kier alpha value is -1.65. The highest BCUT2D eigenvalue weighted by Crippen LogP contribution is 2.03. The van der Waals surface area contributed by atoms with E-state index in [1.807, 2.05) is 0 Å². The molecule has 0 bridgehead atoms. The molecular weight excluding hydrogens is 132 g/mol. The van der Waals surface area contributed by atoms with Gasteiger partial charge in [0.1, 0.15) is 11.5 Å². The number of carbonyl (C=O) groups is 1. The van der Waals surface area contributed by atoms with Crippen LogP contribution < -0.4 is 11.5 Å². The minimum Gasteiger partial charge on any atom is -0.382 e. The van der Waals surface area contributed by atoms with Crippen LogP contribution in [0.3, 0.4) is 0 Å². The Labute approximate surface area is 57.1 Å². The first-order valence-electron chi connectivity index (χ1n) is 2.57. The number of nitrogen functional groups attached to an aromatic ring is 2. The maximum Gasteiger partial charge on any atom is 0.172 e. The molecule has 1 heterocycles. The zero-order chi connectivity index (χ0) is 7.56. The molecule has 0 aromatic carbocycles. The molecule has 0 spiro atoms. The standard InChI is InChI=1S/C5H6N4O/c6-4-1-8-3(2-10)5(7)9-4/h1-2H,(H4,6,7,9). The number of rotatable bonds is 1. The number of hydrogen-bond donors (Lipinski definition) is 2. The van der Waals surface area contributed by atoms with Crippen molar-refractivity contribution in [2.24, 2.45) is 0 Å². The van der Waals surface area contributed by atoms with E-state index < -0.39 is 0 Å². The van der Waals surface area contributed by atoms with Gasteiger partial charge in [-0.05, 0) is 0 Å². The molecule has 1 aromatic rings. The van der Waals surface area contributed by atoms with E-state index in [2.05, 4.69) is 9.97 Å². The fourth-order valence-corrected chi connectivity index (χ4v) is 0.518. The van der Waals surface area contributed by atoms with Crippen molar-refractivity contribution in [1.82, 2.24) is 9.97 Å². The Morgan fingerprint density at radius 3 is 2.70 bits per heavy atom. The first kappa shape index (κ1) is 6.47. The molecule has 0 fully saturated rings. The normalized spacial score (nSPS) is 9.20. The van der Waals surface area contributed by atoms with Crippen molar-refractivity contribution in [3.8, 4) is 0 Å². The fourth-order valence-electron chi connectivity index (χ4n) is 0.518. The maximum absolute atomic E-state index is 10.1. The number of nitrogens with two attached hydrogens (primary N) is 2. The molecule has 5 heteroatoms. The van der Waals surface area contributed by atoms with Gasteiger partial charge in [-0.2, -0.15) is 0 Å². The van der Waals surface area contributed by atoms with E-state index in [4.69, 9.17) is 11.5 Å². The van der Waals surface area contributed by atoms with Gasteiger partial charge < -0.3 is 11.5 Å². The Balaban J connectivity index is 3.19. The topological polar surface area (TPSA) is 94.9 Å². The zero-order valence-electron chi connectivity index (χ0n) is 5.11. The van der Waals surface area contributed by atoms with Crippen molar-refractivity contribution in [3.05, 3.63) is 11.9 Å². The highest BCUT2D eigenvalue weighted by Gasteiger charge is 1.98. The third-order valence-electron chi connectivity index (χ3n) is 0.960. The third-order valence-corrected chi connectivity index (χ3v) is 0.960. The summed E-state index contributed by atoms with van der Waals surface area (Å²) in [4.78, 5) is 17.3. The molecule has 0 aliphatic heterocycles. The molecule has 0 saturated carbocycles. The minimum absolute atomic E-state index is 0.0648. The van der Waals surface area contributed by atoms with Crippen LogP contribution in [0.2, 0.25) is 0 Å². The van der Waals surface area contributed by atoms with Crippen molar-refractivity contribution in [2.45, 2.75) is 0 Å². The molecule has 0 atom stereocenters. The van der Waals surface area contributed by atoms with Gasteiger partial charge in [0.05, 0.1) is 6.20 Å². The lowest BCUT2D eigenvalue weighted by Gasteiger charge is -1.95. The van der Waals surface area contributed by atoms with Crippen LogP contribution in [0.4, 0.5) is 11.6 Å². The van der Waals surface area contributed by atoms with Gasteiger partial charge in [-0.25, -0.2) is 9.97 Å². The van der Waals surface area contributed by atoms with E-state index in [1.54, 1.807) is 0 Å². The quantitative estimate of drug-likeness (QED) is 0.508. The van der Waals surface area contributed by atoms with Crippen LogP contribution in [-0.2, 0) is 0 Å². The van der Waals surface area contributed by atoms with E-state index in [1.165, 1.54) is 6.20 Å². The molecular formula is C5H6N4O. The summed E-state index contributed by atoms with van der Waals surface area (Å²) in [5, 5.41) is 0. The molecule has 0 aliphatic carbocycles. The van der Waals surface area contributed by atoms with Crippen molar-refractivity contribution < 1.29 is 4.79 Å². The van der Waals surface area contributed by atoms with Crippen LogP contribution in [0.1, 0.15) is 10.5 Å². The van der Waals surface area contributed by atoms with Crippen LogP contribution in [-0.4, -0.2) is 16.3 Å². The van der Waals surface area contributed by atoms with Gasteiger partial charge >= 0.3 is 0 Å². The van der Waals surface area contributed by atoms with Gasteiger partial charge in [-0.1, -0.05) is 0 Å². The first-order chi connectivity index (χ1) is 4.74. The highest BCUT2D eigenvalue weighted by atomic mass is 16.1. The lowest BCUT2D eigenvalue weighted by Crippen LogP contribution is -2.02. The summed E-state index contributed by atoms with van der Waals surface area (Å²) in [6.07, 6.45) is 1.81. The van der Waals surface area contributed by atoms with Gasteiger partial charge in [0.15, 0.2) is 12.1 Å². The largest absolute Gasteiger partial charge is 0.382 e. The van der Waals surface area contributed by atoms with Crippen LogP contribution in [0.25, 0.3) is 0 Å². The van der Waals surface area contributed by atoms with Crippen molar-refractivity contribution >= 4 is 17.9 Å². The predicted molar refractivity (Wildman–Crippen MR) is 36.2 cm³/mol. The molecule has 10 heavy (non-hydrogen) atoms. The number of hydrogen-bond acceptors (Lipinski definition) is 5.